The van der Waals surface area contributed by atoms with Crippen LogP contribution in [0.4, 0.5) is 0 Å². The van der Waals surface area contributed by atoms with Gasteiger partial charge in [0.25, 0.3) is 0 Å². The number of hydrogen-bond acceptors (Lipinski definition) is 6. The van der Waals surface area contributed by atoms with Gasteiger partial charge in [-0.3, -0.25) is 4.79 Å². The third kappa shape index (κ3) is 4.08. The lowest BCUT2D eigenvalue weighted by Crippen LogP contribution is -2.50. The summed E-state index contributed by atoms with van der Waals surface area (Å²) < 4.78 is 35.7. The van der Waals surface area contributed by atoms with Gasteiger partial charge in [-0.25, -0.2) is 8.42 Å². The number of nitrogens with zero attached hydrogens (tertiary/aromatic N) is 4. The highest BCUT2D eigenvalue weighted by Gasteiger charge is 2.31. The number of halogens is 2. The number of benzene rings is 2. The van der Waals surface area contributed by atoms with E-state index in [-0.39, 0.29) is 37.0 Å². The average Bonchev–Trinajstić information content (AvgIpc) is 3.23. The first-order valence-electron chi connectivity index (χ1n) is 9.00. The molecular weight excluding hydrogens is 467 g/mol. The van der Waals surface area contributed by atoms with E-state index in [2.05, 4.69) is 8.75 Å². The summed E-state index contributed by atoms with van der Waals surface area (Å²) in [4.78, 5) is 14.3. The Kier molecular flexibility index (Phi) is 6.08. The average molecular weight is 483 g/mol. The zero-order valence-electron chi connectivity index (χ0n) is 15.5. The van der Waals surface area contributed by atoms with Gasteiger partial charge in [-0.05, 0) is 29.8 Å². The Morgan fingerprint density at radius 2 is 1.77 bits per heavy atom. The van der Waals surface area contributed by atoms with Gasteiger partial charge in [0, 0.05) is 32.3 Å². The molecule has 0 bridgehead atoms. The molecule has 1 saturated heterocycles. The van der Waals surface area contributed by atoms with Gasteiger partial charge in [-0.1, -0.05) is 41.4 Å². The smallest absolute Gasteiger partial charge is 0.246 e. The molecule has 0 unspecified atom stereocenters. The van der Waals surface area contributed by atoms with Crippen LogP contribution in [0.25, 0.3) is 17.1 Å². The van der Waals surface area contributed by atoms with Crippen LogP contribution in [0.1, 0.15) is 5.56 Å². The van der Waals surface area contributed by atoms with Crippen molar-refractivity contribution < 1.29 is 13.2 Å². The Morgan fingerprint density at radius 3 is 2.53 bits per heavy atom. The molecule has 1 aliphatic rings. The maximum atomic E-state index is 13.1. The van der Waals surface area contributed by atoms with E-state index < -0.39 is 10.0 Å². The fourth-order valence-electron chi connectivity index (χ4n) is 3.19. The molecule has 11 heteroatoms. The van der Waals surface area contributed by atoms with E-state index >= 15 is 0 Å². The van der Waals surface area contributed by atoms with Crippen molar-refractivity contribution in [3.63, 3.8) is 0 Å². The highest BCUT2D eigenvalue weighted by Crippen LogP contribution is 2.27. The van der Waals surface area contributed by atoms with Gasteiger partial charge in [0.15, 0.2) is 0 Å². The van der Waals surface area contributed by atoms with Crippen LogP contribution in [-0.4, -0.2) is 58.5 Å². The zero-order valence-corrected chi connectivity index (χ0v) is 18.7. The molecule has 1 aliphatic heterocycles. The first kappa shape index (κ1) is 21.2. The summed E-state index contributed by atoms with van der Waals surface area (Å²) in [6, 6.07) is 10.1. The maximum Gasteiger partial charge on any atom is 0.246 e. The van der Waals surface area contributed by atoms with Crippen molar-refractivity contribution in [3.05, 3.63) is 58.1 Å². The van der Waals surface area contributed by atoms with Crippen molar-refractivity contribution >= 4 is 68.0 Å². The highest BCUT2D eigenvalue weighted by molar-refractivity contribution is 7.89. The second-order valence-corrected chi connectivity index (χ2v) is 9.81. The molecule has 4 rings (SSSR count). The molecule has 1 fully saturated rings. The van der Waals surface area contributed by atoms with E-state index in [9.17, 15) is 13.2 Å². The fraction of sp³-hybridized carbons (Fsp3) is 0.211. The normalized spacial score (nSPS) is 15.9. The minimum atomic E-state index is -3.72. The van der Waals surface area contributed by atoms with Crippen LogP contribution >= 0.6 is 34.9 Å². The molecule has 7 nitrogen and oxygen atoms in total. The Morgan fingerprint density at radius 1 is 1.03 bits per heavy atom. The van der Waals surface area contributed by atoms with Crippen LogP contribution in [-0.2, 0) is 14.8 Å². The maximum absolute atomic E-state index is 13.1. The lowest BCUT2D eigenvalue weighted by atomic mass is 10.2. The lowest BCUT2D eigenvalue weighted by molar-refractivity contribution is -0.127. The minimum absolute atomic E-state index is 0.143. The Balaban J connectivity index is 1.44. The molecule has 30 heavy (non-hydrogen) atoms. The molecule has 0 spiro atoms. The van der Waals surface area contributed by atoms with Crippen molar-refractivity contribution in [3.8, 4) is 0 Å². The van der Waals surface area contributed by atoms with Gasteiger partial charge in [0.1, 0.15) is 15.9 Å². The number of aromatic nitrogens is 2. The van der Waals surface area contributed by atoms with Gasteiger partial charge in [0.05, 0.1) is 21.8 Å². The number of hydrogen-bond donors (Lipinski definition) is 0. The largest absolute Gasteiger partial charge is 0.337 e. The van der Waals surface area contributed by atoms with Crippen molar-refractivity contribution in [1.29, 1.82) is 0 Å². The molecule has 1 amide bonds. The van der Waals surface area contributed by atoms with Gasteiger partial charge < -0.3 is 4.90 Å². The summed E-state index contributed by atoms with van der Waals surface area (Å²) in [6.45, 7) is 0.982. The Hall–Kier alpha value is -2.04. The zero-order chi connectivity index (χ0) is 21.3. The van der Waals surface area contributed by atoms with Crippen molar-refractivity contribution in [2.24, 2.45) is 0 Å². The van der Waals surface area contributed by atoms with Gasteiger partial charge >= 0.3 is 0 Å². The number of sulfonamides is 1. The Labute approximate surface area is 187 Å². The molecule has 0 saturated carbocycles. The molecule has 1 aromatic heterocycles. The first-order valence-corrected chi connectivity index (χ1v) is 11.9. The van der Waals surface area contributed by atoms with Crippen LogP contribution in [0.2, 0.25) is 10.0 Å². The van der Waals surface area contributed by atoms with Crippen LogP contribution in [0.3, 0.4) is 0 Å². The molecule has 0 aliphatic carbocycles. The molecule has 0 atom stereocenters. The highest BCUT2D eigenvalue weighted by atomic mass is 35.5. The predicted octanol–water partition coefficient (Wildman–Crippen LogP) is 3.54. The quantitative estimate of drug-likeness (QED) is 0.530. The summed E-state index contributed by atoms with van der Waals surface area (Å²) in [5, 5.41) is 0.792. The SMILES string of the molecule is O=C(/C=C/c1cccc(Cl)c1Cl)N1CCN(S(=O)(=O)c2cccc3nsnc23)CC1. The topological polar surface area (TPSA) is 83.5 Å². The van der Waals surface area contributed by atoms with E-state index in [0.29, 0.717) is 26.6 Å². The summed E-state index contributed by atoms with van der Waals surface area (Å²) in [5.74, 6) is -0.214. The van der Waals surface area contributed by atoms with E-state index in [1.807, 2.05) is 0 Å². The number of amides is 1. The molecule has 2 aromatic carbocycles. The monoisotopic (exact) mass is 482 g/mol. The molecule has 0 radical (unpaired) electrons. The number of fused-ring (bicyclic) bond motifs is 1. The van der Waals surface area contributed by atoms with E-state index in [1.54, 1.807) is 41.3 Å². The van der Waals surface area contributed by atoms with Crippen molar-refractivity contribution in [1.82, 2.24) is 18.0 Å². The summed E-state index contributed by atoms with van der Waals surface area (Å²) >= 11 is 13.1. The predicted molar refractivity (Wildman–Crippen MR) is 118 cm³/mol. The van der Waals surface area contributed by atoms with Gasteiger partial charge in [-0.15, -0.1) is 0 Å². The number of rotatable bonds is 4. The molecule has 3 aromatic rings. The number of carbonyl (C=O) groups excluding carboxylic acids is 1. The van der Waals surface area contributed by atoms with E-state index in [0.717, 1.165) is 11.7 Å². The van der Waals surface area contributed by atoms with Crippen LogP contribution in [0.5, 0.6) is 0 Å². The second kappa shape index (κ2) is 8.60. The van der Waals surface area contributed by atoms with Crippen molar-refractivity contribution in [2.75, 3.05) is 26.2 Å². The van der Waals surface area contributed by atoms with Crippen LogP contribution in [0, 0.1) is 0 Å². The van der Waals surface area contributed by atoms with E-state index in [1.165, 1.54) is 16.4 Å². The summed E-state index contributed by atoms with van der Waals surface area (Å²) in [5.41, 5.74) is 1.57. The summed E-state index contributed by atoms with van der Waals surface area (Å²) in [7, 11) is -3.72. The third-order valence-corrected chi connectivity index (χ3v) is 8.11. The second-order valence-electron chi connectivity index (χ2n) is 6.59. The molecule has 0 N–H and O–H groups in total. The van der Waals surface area contributed by atoms with Crippen LogP contribution < -0.4 is 0 Å². The molecular formula is C19H16Cl2N4O3S2. The van der Waals surface area contributed by atoms with Crippen LogP contribution in [0.15, 0.2) is 47.4 Å². The van der Waals surface area contributed by atoms with Crippen molar-refractivity contribution in [2.45, 2.75) is 4.90 Å². The molecule has 2 heterocycles. The lowest BCUT2D eigenvalue weighted by Gasteiger charge is -2.33. The number of piperazine rings is 1. The standard InChI is InChI=1S/C19H16Cl2N4O3S2/c20-14-4-1-3-13(18(14)21)7-8-17(26)24-9-11-25(12-10-24)30(27,28)16-6-2-5-15-19(16)23-29-22-15/h1-8H,9-12H2/b8-7+. The summed E-state index contributed by atoms with van der Waals surface area (Å²) in [6.07, 6.45) is 3.03. The first-order chi connectivity index (χ1) is 14.4. The third-order valence-electron chi connectivity index (χ3n) is 4.80. The minimum Gasteiger partial charge on any atom is -0.337 e. The Bertz CT molecular complexity index is 1240. The molecule has 156 valence electrons. The number of carbonyl (C=O) groups is 1. The fourth-order valence-corrected chi connectivity index (χ4v) is 5.74. The van der Waals surface area contributed by atoms with Gasteiger partial charge in [-0.2, -0.15) is 13.1 Å². The van der Waals surface area contributed by atoms with Gasteiger partial charge in [0.2, 0.25) is 15.9 Å². The van der Waals surface area contributed by atoms with E-state index in [4.69, 9.17) is 23.2 Å².